The van der Waals surface area contributed by atoms with Crippen molar-refractivity contribution < 1.29 is 13.9 Å². The molecule has 2 atom stereocenters. The van der Waals surface area contributed by atoms with E-state index in [0.717, 1.165) is 29.8 Å². The number of nitrogens with zero attached hydrogens (tertiary/aromatic N) is 6. The van der Waals surface area contributed by atoms with E-state index in [1.165, 1.54) is 6.33 Å². The van der Waals surface area contributed by atoms with Gasteiger partial charge in [0.15, 0.2) is 6.17 Å². The maximum absolute atomic E-state index is 14.9. The van der Waals surface area contributed by atoms with Crippen molar-refractivity contribution in [1.29, 1.82) is 0 Å². The van der Waals surface area contributed by atoms with Crippen molar-refractivity contribution in [3.05, 3.63) is 30.7 Å². The lowest BCUT2D eigenvalue weighted by atomic mass is 10.1. The minimum absolute atomic E-state index is 0.194. The van der Waals surface area contributed by atoms with E-state index in [-0.39, 0.29) is 6.54 Å². The summed E-state index contributed by atoms with van der Waals surface area (Å²) in [4.78, 5) is 17.3. The number of ether oxygens (including phenoxy) is 2. The summed E-state index contributed by atoms with van der Waals surface area (Å²) in [6.45, 7) is 3.65. The Morgan fingerprint density at radius 2 is 2.07 bits per heavy atom. The molecule has 0 spiro atoms. The van der Waals surface area contributed by atoms with Crippen molar-refractivity contribution in [2.45, 2.75) is 18.7 Å². The molecule has 152 valence electrons. The molecule has 0 aromatic carbocycles. The molecule has 0 bridgehead atoms. The van der Waals surface area contributed by atoms with E-state index >= 15 is 0 Å². The molecule has 10 heteroatoms. The van der Waals surface area contributed by atoms with Crippen LogP contribution in [0.5, 0.6) is 5.88 Å². The van der Waals surface area contributed by atoms with E-state index in [2.05, 4.69) is 25.1 Å². The molecule has 0 radical (unpaired) electrons. The van der Waals surface area contributed by atoms with Crippen molar-refractivity contribution >= 4 is 22.7 Å². The number of nitrogens with one attached hydrogen (secondary N) is 1. The number of hydrogen-bond donors (Lipinski definition) is 1. The lowest BCUT2D eigenvalue weighted by molar-refractivity contribution is 0.0790. The van der Waals surface area contributed by atoms with Crippen LogP contribution >= 0.6 is 0 Å². The molecule has 9 nitrogen and oxygen atoms in total. The third kappa shape index (κ3) is 3.67. The Hall–Kier alpha value is -3.01. The summed E-state index contributed by atoms with van der Waals surface area (Å²) in [7, 11) is 0. The van der Waals surface area contributed by atoms with Gasteiger partial charge in [0.1, 0.15) is 18.2 Å². The Morgan fingerprint density at radius 3 is 2.86 bits per heavy atom. The van der Waals surface area contributed by atoms with Crippen LogP contribution in [0.4, 0.5) is 16.2 Å². The maximum Gasteiger partial charge on any atom is 0.225 e. The van der Waals surface area contributed by atoms with Crippen molar-refractivity contribution in [1.82, 2.24) is 25.1 Å². The van der Waals surface area contributed by atoms with Gasteiger partial charge in [0.25, 0.3) is 0 Å². The number of alkyl halides is 1. The molecule has 0 unspecified atom stereocenters. The van der Waals surface area contributed by atoms with Crippen LogP contribution in [0.2, 0.25) is 0 Å². The molecule has 0 amide bonds. The second kappa shape index (κ2) is 7.78. The monoisotopic (exact) mass is 399 g/mol. The van der Waals surface area contributed by atoms with Crippen molar-refractivity contribution in [2.75, 3.05) is 49.2 Å². The number of aromatic amines is 1. The van der Waals surface area contributed by atoms with Crippen LogP contribution in [0, 0.1) is 0 Å². The van der Waals surface area contributed by atoms with Gasteiger partial charge in [0, 0.05) is 38.3 Å². The largest absolute Gasteiger partial charge is 0.471 e. The third-order valence-corrected chi connectivity index (χ3v) is 5.33. The van der Waals surface area contributed by atoms with E-state index in [1.54, 1.807) is 6.20 Å². The fourth-order valence-electron chi connectivity index (χ4n) is 3.78. The van der Waals surface area contributed by atoms with Gasteiger partial charge in [0.05, 0.1) is 30.7 Å². The van der Waals surface area contributed by atoms with E-state index in [9.17, 15) is 4.39 Å². The second-order valence-corrected chi connectivity index (χ2v) is 7.17. The summed E-state index contributed by atoms with van der Waals surface area (Å²) in [5.41, 5.74) is 0.786. The van der Waals surface area contributed by atoms with E-state index in [1.807, 2.05) is 23.1 Å². The van der Waals surface area contributed by atoms with E-state index in [4.69, 9.17) is 14.5 Å². The summed E-state index contributed by atoms with van der Waals surface area (Å²) in [6.07, 6.45) is 1.93. The Labute approximate surface area is 166 Å². The summed E-state index contributed by atoms with van der Waals surface area (Å²) < 4.78 is 26.5. The molecule has 2 fully saturated rings. The molecule has 1 N–H and O–H groups in total. The first-order chi connectivity index (χ1) is 14.3. The Morgan fingerprint density at radius 1 is 1.17 bits per heavy atom. The molecular formula is C19H22FN7O2. The highest BCUT2D eigenvalue weighted by Gasteiger charge is 2.33. The van der Waals surface area contributed by atoms with Gasteiger partial charge < -0.3 is 19.3 Å². The number of piperidine rings is 1. The van der Waals surface area contributed by atoms with Crippen LogP contribution in [-0.2, 0) is 4.74 Å². The van der Waals surface area contributed by atoms with Gasteiger partial charge >= 0.3 is 0 Å². The Bertz CT molecular complexity index is 964. The number of pyridine rings is 2. The average molecular weight is 399 g/mol. The standard InChI is InChI=1S/C19H22FN7O2/c20-14-11-27(19-22-12-23-25-19)5-3-16(14)29-18-13-2-1-4-21-15(13)10-17(24-18)26-6-8-28-9-7-26/h1-2,4,10,12,14,16H,3,5-9,11H2,(H,22,23,25)/t14-,16-/m0/s1. The molecule has 5 heterocycles. The number of anilines is 2. The molecule has 2 aliphatic rings. The smallest absolute Gasteiger partial charge is 0.225 e. The van der Waals surface area contributed by atoms with Gasteiger partial charge in [-0.3, -0.25) is 4.98 Å². The van der Waals surface area contributed by atoms with Crippen molar-refractivity contribution in [3.8, 4) is 5.88 Å². The molecule has 3 aromatic heterocycles. The quantitative estimate of drug-likeness (QED) is 0.707. The zero-order chi connectivity index (χ0) is 19.6. The number of morpholine rings is 1. The molecule has 29 heavy (non-hydrogen) atoms. The highest BCUT2D eigenvalue weighted by molar-refractivity contribution is 5.85. The minimum Gasteiger partial charge on any atom is -0.471 e. The van der Waals surface area contributed by atoms with Crippen LogP contribution in [-0.4, -0.2) is 76.8 Å². The number of H-pyrrole nitrogens is 1. The van der Waals surface area contributed by atoms with Crippen molar-refractivity contribution in [3.63, 3.8) is 0 Å². The molecule has 2 saturated heterocycles. The van der Waals surface area contributed by atoms with E-state index < -0.39 is 12.3 Å². The first kappa shape index (κ1) is 18.0. The number of fused-ring (bicyclic) bond motifs is 1. The van der Waals surface area contributed by atoms with Crippen LogP contribution in [0.25, 0.3) is 10.9 Å². The SMILES string of the molecule is F[C@H]1CN(c2ncn[nH]2)CC[C@@H]1Oc1nc(N2CCOCC2)cc2ncccc12. The highest BCUT2D eigenvalue weighted by atomic mass is 19.1. The molecule has 0 aliphatic carbocycles. The third-order valence-electron chi connectivity index (χ3n) is 5.33. The fraction of sp³-hybridized carbons (Fsp3) is 0.474. The fourth-order valence-corrected chi connectivity index (χ4v) is 3.78. The summed E-state index contributed by atoms with van der Waals surface area (Å²) in [5.74, 6) is 1.79. The average Bonchev–Trinajstić information content (AvgIpc) is 3.30. The Balaban J connectivity index is 1.39. The van der Waals surface area contributed by atoms with Crippen LogP contribution in [0.3, 0.4) is 0 Å². The first-order valence-corrected chi connectivity index (χ1v) is 9.77. The first-order valence-electron chi connectivity index (χ1n) is 9.77. The molecule has 2 aliphatic heterocycles. The molecule has 5 rings (SSSR count). The zero-order valence-electron chi connectivity index (χ0n) is 15.9. The Kier molecular flexibility index (Phi) is 4.84. The van der Waals surface area contributed by atoms with Gasteiger partial charge in [-0.15, -0.1) is 0 Å². The lowest BCUT2D eigenvalue weighted by Gasteiger charge is -2.34. The predicted octanol–water partition coefficient (Wildman–Crippen LogP) is 1.58. The second-order valence-electron chi connectivity index (χ2n) is 7.17. The molecule has 0 saturated carbocycles. The highest BCUT2D eigenvalue weighted by Crippen LogP contribution is 2.30. The lowest BCUT2D eigenvalue weighted by Crippen LogP contribution is -2.47. The molecule has 3 aromatic rings. The summed E-state index contributed by atoms with van der Waals surface area (Å²) >= 11 is 0. The van der Waals surface area contributed by atoms with Gasteiger partial charge in [-0.2, -0.15) is 15.1 Å². The number of hydrogen-bond acceptors (Lipinski definition) is 8. The minimum atomic E-state index is -1.17. The topological polar surface area (TPSA) is 92.3 Å². The van der Waals surface area contributed by atoms with Crippen LogP contribution in [0.15, 0.2) is 30.7 Å². The number of rotatable bonds is 4. The van der Waals surface area contributed by atoms with Gasteiger partial charge in [-0.1, -0.05) is 0 Å². The van der Waals surface area contributed by atoms with Gasteiger partial charge in [-0.25, -0.2) is 9.49 Å². The van der Waals surface area contributed by atoms with Crippen molar-refractivity contribution in [2.24, 2.45) is 0 Å². The maximum atomic E-state index is 14.9. The summed E-state index contributed by atoms with van der Waals surface area (Å²) in [5, 5.41) is 7.40. The van der Waals surface area contributed by atoms with Gasteiger partial charge in [0.2, 0.25) is 11.8 Å². The number of aromatic nitrogens is 5. The normalized spacial score (nSPS) is 22.8. The summed E-state index contributed by atoms with van der Waals surface area (Å²) in [6, 6.07) is 5.70. The van der Waals surface area contributed by atoms with Gasteiger partial charge in [-0.05, 0) is 12.1 Å². The predicted molar refractivity (Wildman–Crippen MR) is 105 cm³/mol. The number of halogens is 1. The van der Waals surface area contributed by atoms with E-state index in [0.29, 0.717) is 38.0 Å². The zero-order valence-corrected chi connectivity index (χ0v) is 15.9. The van der Waals surface area contributed by atoms with Crippen LogP contribution in [0.1, 0.15) is 6.42 Å². The van der Waals surface area contributed by atoms with Crippen LogP contribution < -0.4 is 14.5 Å². The molecular weight excluding hydrogens is 377 g/mol.